The molecule has 1 saturated heterocycles. The van der Waals surface area contributed by atoms with Gasteiger partial charge in [-0.05, 0) is 19.8 Å². The average Bonchev–Trinajstić information content (AvgIpc) is 2.55. The molecule has 0 spiro atoms. The Morgan fingerprint density at radius 1 is 1.53 bits per heavy atom. The summed E-state index contributed by atoms with van der Waals surface area (Å²) in [7, 11) is -3.03. The van der Waals surface area contributed by atoms with E-state index in [1.807, 2.05) is 6.92 Å². The Morgan fingerprint density at radius 2 is 2.18 bits per heavy atom. The first kappa shape index (κ1) is 14.4. The fourth-order valence-electron chi connectivity index (χ4n) is 2.05. The van der Waals surface area contributed by atoms with Gasteiger partial charge < -0.3 is 10.4 Å². The van der Waals surface area contributed by atoms with Crippen LogP contribution in [-0.4, -0.2) is 43.1 Å². The van der Waals surface area contributed by atoms with E-state index in [0.29, 0.717) is 12.8 Å². The van der Waals surface area contributed by atoms with Crippen LogP contribution in [0.1, 0.15) is 33.1 Å². The number of carbonyl (C=O) groups excluding carboxylic acids is 1. The molecule has 1 aliphatic rings. The van der Waals surface area contributed by atoms with Crippen molar-refractivity contribution >= 4 is 15.7 Å². The van der Waals surface area contributed by atoms with E-state index in [9.17, 15) is 18.3 Å². The number of nitrogens with one attached hydrogen (secondary N) is 1. The number of hydrogen-bond donors (Lipinski definition) is 2. The molecule has 0 radical (unpaired) electrons. The van der Waals surface area contributed by atoms with Crippen molar-refractivity contribution in [1.29, 1.82) is 0 Å². The Morgan fingerprint density at radius 3 is 2.65 bits per heavy atom. The zero-order chi connectivity index (χ0) is 13.1. The largest absolute Gasteiger partial charge is 0.388 e. The average molecular weight is 263 g/mol. The summed E-state index contributed by atoms with van der Waals surface area (Å²) in [6.07, 6.45) is 1.83. The summed E-state index contributed by atoms with van der Waals surface area (Å²) in [6, 6.07) is 0. The molecular formula is C11H21NO4S. The lowest BCUT2D eigenvalue weighted by Gasteiger charge is -2.23. The van der Waals surface area contributed by atoms with Gasteiger partial charge in [0.25, 0.3) is 0 Å². The smallest absolute Gasteiger partial charge is 0.224 e. The van der Waals surface area contributed by atoms with Crippen molar-refractivity contribution in [2.45, 2.75) is 38.7 Å². The third-order valence-electron chi connectivity index (χ3n) is 3.04. The molecule has 0 aromatic rings. The molecule has 6 heteroatoms. The van der Waals surface area contributed by atoms with E-state index in [1.165, 1.54) is 0 Å². The summed E-state index contributed by atoms with van der Waals surface area (Å²) in [6.45, 7) is 3.80. The maximum atomic E-state index is 11.7. The third kappa shape index (κ3) is 4.63. The van der Waals surface area contributed by atoms with Crippen molar-refractivity contribution in [1.82, 2.24) is 5.32 Å². The van der Waals surface area contributed by atoms with Crippen LogP contribution < -0.4 is 5.32 Å². The predicted octanol–water partition coefficient (Wildman–Crippen LogP) is 0.0884. The first-order valence-electron chi connectivity index (χ1n) is 5.96. The predicted molar refractivity (Wildman–Crippen MR) is 65.3 cm³/mol. The number of hydrogen-bond acceptors (Lipinski definition) is 4. The van der Waals surface area contributed by atoms with E-state index in [0.717, 1.165) is 6.42 Å². The zero-order valence-corrected chi connectivity index (χ0v) is 11.2. The maximum absolute atomic E-state index is 11.7. The van der Waals surface area contributed by atoms with Crippen LogP contribution in [0.4, 0.5) is 0 Å². The Labute approximate surface area is 103 Å². The van der Waals surface area contributed by atoms with Gasteiger partial charge in [-0.25, -0.2) is 8.42 Å². The first-order valence-corrected chi connectivity index (χ1v) is 7.78. The lowest BCUT2D eigenvalue weighted by atomic mass is 10.00. The molecule has 1 aliphatic heterocycles. The van der Waals surface area contributed by atoms with Crippen LogP contribution in [0.25, 0.3) is 0 Å². The van der Waals surface area contributed by atoms with Gasteiger partial charge in [0, 0.05) is 6.54 Å². The fraction of sp³-hybridized carbons (Fsp3) is 0.909. The molecule has 1 rings (SSSR count). The van der Waals surface area contributed by atoms with Gasteiger partial charge in [0.15, 0.2) is 9.84 Å². The summed E-state index contributed by atoms with van der Waals surface area (Å²) < 4.78 is 22.4. The van der Waals surface area contributed by atoms with E-state index in [4.69, 9.17) is 0 Å². The summed E-state index contributed by atoms with van der Waals surface area (Å²) in [5.41, 5.74) is -0.915. The number of carbonyl (C=O) groups is 1. The number of sulfone groups is 1. The molecular weight excluding hydrogens is 242 g/mol. The normalized spacial score (nSPS) is 26.4. The summed E-state index contributed by atoms with van der Waals surface area (Å²) >= 11 is 0. The van der Waals surface area contributed by atoms with E-state index in [-0.39, 0.29) is 24.0 Å². The highest BCUT2D eigenvalue weighted by Crippen LogP contribution is 2.19. The molecule has 2 unspecified atom stereocenters. The minimum Gasteiger partial charge on any atom is -0.388 e. The monoisotopic (exact) mass is 263 g/mol. The van der Waals surface area contributed by atoms with Crippen molar-refractivity contribution in [3.63, 3.8) is 0 Å². The second-order valence-corrected chi connectivity index (χ2v) is 7.29. The highest BCUT2D eigenvalue weighted by atomic mass is 32.2. The lowest BCUT2D eigenvalue weighted by Crippen LogP contribution is -2.43. The van der Waals surface area contributed by atoms with Gasteiger partial charge in [0.05, 0.1) is 23.0 Å². The van der Waals surface area contributed by atoms with Crippen LogP contribution in [0.5, 0.6) is 0 Å². The highest BCUT2D eigenvalue weighted by molar-refractivity contribution is 7.91. The standard InChI is InChI=1S/C11H21NO4S/c1-3-5-11(2,14)8-12-10(13)9-4-6-17(15,16)7-9/h9,14H,3-8H2,1-2H3,(H,12,13). The fourth-order valence-corrected chi connectivity index (χ4v) is 3.79. The van der Waals surface area contributed by atoms with Gasteiger partial charge in [-0.3, -0.25) is 4.79 Å². The number of rotatable bonds is 5. The number of amides is 1. The molecule has 1 fully saturated rings. The molecule has 0 aliphatic carbocycles. The highest BCUT2D eigenvalue weighted by Gasteiger charge is 2.33. The van der Waals surface area contributed by atoms with Crippen molar-refractivity contribution in [3.8, 4) is 0 Å². The van der Waals surface area contributed by atoms with Gasteiger partial charge in [-0.1, -0.05) is 13.3 Å². The molecule has 100 valence electrons. The molecule has 5 nitrogen and oxygen atoms in total. The van der Waals surface area contributed by atoms with Crippen LogP contribution in [-0.2, 0) is 14.6 Å². The van der Waals surface area contributed by atoms with Gasteiger partial charge >= 0.3 is 0 Å². The van der Waals surface area contributed by atoms with Gasteiger partial charge in [-0.2, -0.15) is 0 Å². The SMILES string of the molecule is CCCC(C)(O)CNC(=O)C1CCS(=O)(=O)C1. The third-order valence-corrected chi connectivity index (χ3v) is 4.80. The Bertz CT molecular complexity index is 375. The van der Waals surface area contributed by atoms with Gasteiger partial charge in [0.2, 0.25) is 5.91 Å². The Balaban J connectivity index is 2.41. The molecule has 0 aromatic heterocycles. The molecule has 0 aromatic carbocycles. The van der Waals surface area contributed by atoms with Gasteiger partial charge in [0.1, 0.15) is 0 Å². The molecule has 0 bridgehead atoms. The summed E-state index contributed by atoms with van der Waals surface area (Å²) in [5.74, 6) is -0.676. The van der Waals surface area contributed by atoms with E-state index in [1.54, 1.807) is 6.92 Å². The second kappa shape index (κ2) is 5.35. The molecule has 2 atom stereocenters. The van der Waals surface area contributed by atoms with E-state index in [2.05, 4.69) is 5.32 Å². The minimum atomic E-state index is -3.03. The Hall–Kier alpha value is -0.620. The second-order valence-electron chi connectivity index (χ2n) is 5.06. The minimum absolute atomic E-state index is 0.0608. The topological polar surface area (TPSA) is 83.5 Å². The van der Waals surface area contributed by atoms with Crippen molar-refractivity contribution in [2.75, 3.05) is 18.1 Å². The van der Waals surface area contributed by atoms with Crippen LogP contribution in [0.2, 0.25) is 0 Å². The first-order chi connectivity index (χ1) is 7.76. The van der Waals surface area contributed by atoms with E-state index >= 15 is 0 Å². The van der Waals surface area contributed by atoms with Crippen LogP contribution >= 0.6 is 0 Å². The summed E-state index contributed by atoms with van der Waals surface area (Å²) in [4.78, 5) is 11.7. The van der Waals surface area contributed by atoms with Crippen LogP contribution in [0.3, 0.4) is 0 Å². The van der Waals surface area contributed by atoms with E-state index < -0.39 is 21.4 Å². The van der Waals surface area contributed by atoms with Crippen LogP contribution in [0.15, 0.2) is 0 Å². The molecule has 1 amide bonds. The molecule has 1 heterocycles. The number of aliphatic hydroxyl groups is 1. The Kier molecular flexibility index (Phi) is 4.55. The van der Waals surface area contributed by atoms with Crippen molar-refractivity contribution < 1.29 is 18.3 Å². The molecule has 0 saturated carbocycles. The quantitative estimate of drug-likeness (QED) is 0.736. The molecule has 17 heavy (non-hydrogen) atoms. The van der Waals surface area contributed by atoms with Gasteiger partial charge in [-0.15, -0.1) is 0 Å². The maximum Gasteiger partial charge on any atom is 0.224 e. The van der Waals surface area contributed by atoms with Crippen LogP contribution in [0, 0.1) is 5.92 Å². The zero-order valence-electron chi connectivity index (χ0n) is 10.4. The van der Waals surface area contributed by atoms with Crippen molar-refractivity contribution in [2.24, 2.45) is 5.92 Å². The lowest BCUT2D eigenvalue weighted by molar-refractivity contribution is -0.125. The summed E-state index contributed by atoms with van der Waals surface area (Å²) in [5, 5.41) is 12.5. The van der Waals surface area contributed by atoms with Crippen molar-refractivity contribution in [3.05, 3.63) is 0 Å². The molecule has 2 N–H and O–H groups in total.